The van der Waals surface area contributed by atoms with Crippen LogP contribution in [0.15, 0.2) is 42.5 Å². The molecule has 2 rings (SSSR count). The molecule has 0 N–H and O–H groups in total. The quantitative estimate of drug-likeness (QED) is 0.721. The monoisotopic (exact) mass is 290 g/mol. The number of carbonyl (C=O) groups excluding carboxylic acids is 1. The summed E-state index contributed by atoms with van der Waals surface area (Å²) in [4.78, 5) is 11.0. The number of hydrogen-bond acceptors (Lipinski definition) is 3. The SMILES string of the molecule is CCCOc1ccc(Oc2ccc(Cl)cc2C=O)cc1. The van der Waals surface area contributed by atoms with E-state index in [1.54, 1.807) is 30.3 Å². The lowest BCUT2D eigenvalue weighted by atomic mass is 10.2. The zero-order valence-corrected chi connectivity index (χ0v) is 11.9. The van der Waals surface area contributed by atoms with Gasteiger partial charge in [-0.2, -0.15) is 0 Å². The Morgan fingerprint density at radius 1 is 1.10 bits per heavy atom. The van der Waals surface area contributed by atoms with Crippen molar-refractivity contribution in [3.05, 3.63) is 53.1 Å². The molecule has 2 aromatic carbocycles. The molecule has 3 nitrogen and oxygen atoms in total. The van der Waals surface area contributed by atoms with Crippen LogP contribution >= 0.6 is 11.6 Å². The minimum Gasteiger partial charge on any atom is -0.494 e. The summed E-state index contributed by atoms with van der Waals surface area (Å²) in [5.74, 6) is 1.91. The Hall–Kier alpha value is -2.00. The van der Waals surface area contributed by atoms with Crippen LogP contribution < -0.4 is 9.47 Å². The van der Waals surface area contributed by atoms with E-state index in [0.29, 0.717) is 28.7 Å². The zero-order chi connectivity index (χ0) is 14.4. The second-order valence-corrected chi connectivity index (χ2v) is 4.66. The molecule has 2 aromatic rings. The predicted molar refractivity (Wildman–Crippen MR) is 79.1 cm³/mol. The van der Waals surface area contributed by atoms with Gasteiger partial charge in [0.05, 0.1) is 12.2 Å². The van der Waals surface area contributed by atoms with Gasteiger partial charge in [0.25, 0.3) is 0 Å². The maximum atomic E-state index is 11.0. The zero-order valence-electron chi connectivity index (χ0n) is 11.1. The van der Waals surface area contributed by atoms with E-state index in [1.807, 2.05) is 12.1 Å². The van der Waals surface area contributed by atoms with Gasteiger partial charge in [0.1, 0.15) is 17.2 Å². The summed E-state index contributed by atoms with van der Waals surface area (Å²) in [6, 6.07) is 12.2. The maximum absolute atomic E-state index is 11.0. The first-order valence-corrected chi connectivity index (χ1v) is 6.76. The van der Waals surface area contributed by atoms with Crippen molar-refractivity contribution in [2.45, 2.75) is 13.3 Å². The molecule has 0 aromatic heterocycles. The van der Waals surface area contributed by atoms with Gasteiger partial charge < -0.3 is 9.47 Å². The van der Waals surface area contributed by atoms with E-state index in [1.165, 1.54) is 0 Å². The normalized spacial score (nSPS) is 10.1. The van der Waals surface area contributed by atoms with Crippen molar-refractivity contribution in [2.75, 3.05) is 6.61 Å². The van der Waals surface area contributed by atoms with Crippen molar-refractivity contribution >= 4 is 17.9 Å². The standard InChI is InChI=1S/C16H15ClO3/c1-2-9-19-14-4-6-15(7-5-14)20-16-8-3-13(17)10-12(16)11-18/h3-8,10-11H,2,9H2,1H3. The Kier molecular flexibility index (Phi) is 5.02. The molecule has 0 unspecified atom stereocenters. The third-order valence-electron chi connectivity index (χ3n) is 2.62. The van der Waals surface area contributed by atoms with E-state index in [4.69, 9.17) is 21.1 Å². The molecule has 0 amide bonds. The molecule has 0 aliphatic carbocycles. The number of aldehydes is 1. The third-order valence-corrected chi connectivity index (χ3v) is 2.86. The largest absolute Gasteiger partial charge is 0.494 e. The first-order chi connectivity index (χ1) is 9.72. The van der Waals surface area contributed by atoms with Crippen LogP contribution in [0.25, 0.3) is 0 Å². The summed E-state index contributed by atoms with van der Waals surface area (Å²) in [6.45, 7) is 2.74. The molecule has 0 bridgehead atoms. The maximum Gasteiger partial charge on any atom is 0.153 e. The topological polar surface area (TPSA) is 35.5 Å². The van der Waals surface area contributed by atoms with Gasteiger partial charge in [0.15, 0.2) is 6.29 Å². The molecule has 0 radical (unpaired) electrons. The number of carbonyl (C=O) groups is 1. The van der Waals surface area contributed by atoms with Gasteiger partial charge in [0, 0.05) is 5.02 Å². The van der Waals surface area contributed by atoms with Gasteiger partial charge >= 0.3 is 0 Å². The fourth-order valence-corrected chi connectivity index (χ4v) is 1.84. The van der Waals surface area contributed by atoms with Crippen molar-refractivity contribution in [1.29, 1.82) is 0 Å². The van der Waals surface area contributed by atoms with E-state index in [0.717, 1.165) is 18.5 Å². The lowest BCUT2D eigenvalue weighted by Crippen LogP contribution is -1.95. The van der Waals surface area contributed by atoms with Gasteiger partial charge in [-0.15, -0.1) is 0 Å². The van der Waals surface area contributed by atoms with Crippen LogP contribution in [0.5, 0.6) is 17.2 Å². The van der Waals surface area contributed by atoms with Crippen LogP contribution in [0, 0.1) is 0 Å². The molecule has 0 saturated carbocycles. The Bertz CT molecular complexity index is 579. The first-order valence-electron chi connectivity index (χ1n) is 6.38. The summed E-state index contributed by atoms with van der Waals surface area (Å²) in [7, 11) is 0. The van der Waals surface area contributed by atoms with Gasteiger partial charge in [0.2, 0.25) is 0 Å². The van der Waals surface area contributed by atoms with Crippen molar-refractivity contribution in [3.63, 3.8) is 0 Å². The van der Waals surface area contributed by atoms with Crippen molar-refractivity contribution in [3.8, 4) is 17.2 Å². The molecular weight excluding hydrogens is 276 g/mol. The van der Waals surface area contributed by atoms with E-state index >= 15 is 0 Å². The molecule has 0 spiro atoms. The molecule has 0 heterocycles. The number of halogens is 1. The number of hydrogen-bond donors (Lipinski definition) is 0. The smallest absolute Gasteiger partial charge is 0.153 e. The molecule has 0 saturated heterocycles. The first kappa shape index (κ1) is 14.4. The van der Waals surface area contributed by atoms with Crippen LogP contribution in [0.2, 0.25) is 5.02 Å². The van der Waals surface area contributed by atoms with Crippen LogP contribution in [0.4, 0.5) is 0 Å². The molecule has 0 aliphatic rings. The number of rotatable bonds is 6. The Morgan fingerprint density at radius 2 is 1.80 bits per heavy atom. The molecule has 20 heavy (non-hydrogen) atoms. The highest BCUT2D eigenvalue weighted by Crippen LogP contribution is 2.28. The fraction of sp³-hybridized carbons (Fsp3) is 0.188. The Labute approximate surface area is 123 Å². The summed E-state index contributed by atoms with van der Waals surface area (Å²) in [6.07, 6.45) is 1.69. The van der Waals surface area contributed by atoms with Gasteiger partial charge in [-0.05, 0) is 48.9 Å². The molecule has 104 valence electrons. The van der Waals surface area contributed by atoms with Gasteiger partial charge in [-0.25, -0.2) is 0 Å². The Morgan fingerprint density at radius 3 is 2.45 bits per heavy atom. The summed E-state index contributed by atoms with van der Waals surface area (Å²) in [5, 5.41) is 0.503. The van der Waals surface area contributed by atoms with E-state index in [9.17, 15) is 4.79 Å². The minimum atomic E-state index is 0.420. The van der Waals surface area contributed by atoms with Crippen molar-refractivity contribution in [1.82, 2.24) is 0 Å². The molecule has 0 aliphatic heterocycles. The summed E-state index contributed by atoms with van der Waals surface area (Å²) >= 11 is 5.84. The van der Waals surface area contributed by atoms with Gasteiger partial charge in [-0.1, -0.05) is 18.5 Å². The van der Waals surface area contributed by atoms with E-state index < -0.39 is 0 Å². The average molecular weight is 291 g/mol. The Balaban J connectivity index is 2.12. The second-order valence-electron chi connectivity index (χ2n) is 4.22. The summed E-state index contributed by atoms with van der Waals surface area (Å²) < 4.78 is 11.2. The van der Waals surface area contributed by atoms with Crippen LogP contribution in [-0.2, 0) is 0 Å². The molecule has 0 atom stereocenters. The molecule has 4 heteroatoms. The average Bonchev–Trinajstić information content (AvgIpc) is 2.48. The van der Waals surface area contributed by atoms with Crippen molar-refractivity contribution < 1.29 is 14.3 Å². The minimum absolute atomic E-state index is 0.420. The fourth-order valence-electron chi connectivity index (χ4n) is 1.66. The van der Waals surface area contributed by atoms with Crippen molar-refractivity contribution in [2.24, 2.45) is 0 Å². The van der Waals surface area contributed by atoms with Crippen LogP contribution in [0.3, 0.4) is 0 Å². The lowest BCUT2D eigenvalue weighted by molar-refractivity contribution is 0.112. The lowest BCUT2D eigenvalue weighted by Gasteiger charge is -2.09. The molecule has 0 fully saturated rings. The predicted octanol–water partition coefficient (Wildman–Crippen LogP) is 4.73. The van der Waals surface area contributed by atoms with Gasteiger partial charge in [-0.3, -0.25) is 4.79 Å². The third kappa shape index (κ3) is 3.75. The van der Waals surface area contributed by atoms with Crippen LogP contribution in [0.1, 0.15) is 23.7 Å². The highest BCUT2D eigenvalue weighted by molar-refractivity contribution is 6.30. The highest BCUT2D eigenvalue weighted by Gasteiger charge is 2.05. The summed E-state index contributed by atoms with van der Waals surface area (Å²) in [5.41, 5.74) is 0.420. The second kappa shape index (κ2) is 6.96. The number of ether oxygens (including phenoxy) is 2. The molecular formula is C16H15ClO3. The number of benzene rings is 2. The van der Waals surface area contributed by atoms with E-state index in [2.05, 4.69) is 6.92 Å². The van der Waals surface area contributed by atoms with E-state index in [-0.39, 0.29) is 0 Å². The van der Waals surface area contributed by atoms with Crippen LogP contribution in [-0.4, -0.2) is 12.9 Å². The highest BCUT2D eigenvalue weighted by atomic mass is 35.5.